The van der Waals surface area contributed by atoms with Gasteiger partial charge in [-0.3, -0.25) is 0 Å². The Morgan fingerprint density at radius 2 is 1.95 bits per heavy atom. The molecule has 0 saturated carbocycles. The molecule has 0 N–H and O–H groups in total. The molecule has 0 fully saturated rings. The number of hydrogen-bond acceptors (Lipinski definition) is 3. The van der Waals surface area contributed by atoms with Gasteiger partial charge >= 0.3 is 5.97 Å². The molecule has 0 spiro atoms. The molecule has 100 valence electrons. The van der Waals surface area contributed by atoms with Crippen LogP contribution in [-0.2, 0) is 11.3 Å². The van der Waals surface area contributed by atoms with Gasteiger partial charge in [0.25, 0.3) is 0 Å². The van der Waals surface area contributed by atoms with Gasteiger partial charge in [0.2, 0.25) is 0 Å². The first-order valence-electron chi connectivity index (χ1n) is 6.10. The van der Waals surface area contributed by atoms with Gasteiger partial charge in [0.1, 0.15) is 12.4 Å². The number of carbonyl (C=O) groups is 1. The number of ether oxygens (including phenoxy) is 2. The predicted octanol–water partition coefficient (Wildman–Crippen LogP) is 3.03. The molecule has 0 amide bonds. The first kappa shape index (κ1) is 13.7. The van der Waals surface area contributed by atoms with Gasteiger partial charge in [0.15, 0.2) is 0 Å². The van der Waals surface area contributed by atoms with Crippen LogP contribution in [-0.4, -0.2) is 13.1 Å². The van der Waals surface area contributed by atoms with Crippen LogP contribution in [0.4, 0.5) is 0 Å². The van der Waals surface area contributed by atoms with Crippen molar-refractivity contribution < 1.29 is 14.3 Å². The molecule has 0 saturated heterocycles. The number of methoxy groups -OCH3 is 1. The molecule has 20 heavy (non-hydrogen) atoms. The second kappa shape index (κ2) is 6.44. The highest BCUT2D eigenvalue weighted by atomic mass is 16.5. The van der Waals surface area contributed by atoms with Gasteiger partial charge in [-0.1, -0.05) is 36.3 Å². The van der Waals surface area contributed by atoms with E-state index in [1.165, 1.54) is 7.11 Å². The third-order valence-electron chi connectivity index (χ3n) is 2.80. The van der Waals surface area contributed by atoms with Crippen molar-refractivity contribution in [2.75, 3.05) is 7.11 Å². The van der Waals surface area contributed by atoms with Crippen LogP contribution >= 0.6 is 0 Å². The van der Waals surface area contributed by atoms with E-state index < -0.39 is 5.97 Å². The summed E-state index contributed by atoms with van der Waals surface area (Å²) >= 11 is 0. The molecule has 2 aromatic carbocycles. The molecule has 3 heteroatoms. The third kappa shape index (κ3) is 3.18. The quantitative estimate of drug-likeness (QED) is 0.630. The van der Waals surface area contributed by atoms with Crippen LogP contribution < -0.4 is 4.74 Å². The molecular formula is C17H14O3. The highest BCUT2D eigenvalue weighted by molar-refractivity contribution is 5.90. The van der Waals surface area contributed by atoms with Crippen molar-refractivity contribution in [2.45, 2.75) is 6.61 Å². The lowest BCUT2D eigenvalue weighted by Crippen LogP contribution is -2.03. The molecule has 0 aliphatic carbocycles. The van der Waals surface area contributed by atoms with E-state index in [9.17, 15) is 4.79 Å². The van der Waals surface area contributed by atoms with Gasteiger partial charge in [0.05, 0.1) is 18.2 Å². The largest absolute Gasteiger partial charge is 0.488 e. The number of benzene rings is 2. The predicted molar refractivity (Wildman–Crippen MR) is 76.5 cm³/mol. The Balaban J connectivity index is 2.21. The zero-order valence-electron chi connectivity index (χ0n) is 11.1. The number of esters is 1. The molecule has 0 bridgehead atoms. The summed E-state index contributed by atoms with van der Waals surface area (Å²) in [4.78, 5) is 11.5. The van der Waals surface area contributed by atoms with Crippen molar-refractivity contribution >= 4 is 5.97 Å². The summed E-state index contributed by atoms with van der Waals surface area (Å²) < 4.78 is 10.4. The molecule has 0 atom stereocenters. The lowest BCUT2D eigenvalue weighted by molar-refractivity contribution is 0.0600. The van der Waals surface area contributed by atoms with E-state index >= 15 is 0 Å². The first-order chi connectivity index (χ1) is 9.74. The van der Waals surface area contributed by atoms with Crippen molar-refractivity contribution in [1.82, 2.24) is 0 Å². The van der Waals surface area contributed by atoms with Crippen LogP contribution in [0.25, 0.3) is 0 Å². The smallest absolute Gasteiger partial charge is 0.337 e. The summed E-state index contributed by atoms with van der Waals surface area (Å²) in [7, 11) is 1.34. The van der Waals surface area contributed by atoms with E-state index in [1.54, 1.807) is 18.2 Å². The highest BCUT2D eigenvalue weighted by Gasteiger charge is 2.10. The molecule has 0 aliphatic rings. The normalized spacial score (nSPS) is 9.60. The Hall–Kier alpha value is -2.73. The van der Waals surface area contributed by atoms with Crippen LogP contribution in [0.3, 0.4) is 0 Å². The van der Waals surface area contributed by atoms with Crippen molar-refractivity contribution in [3.05, 3.63) is 65.2 Å². The van der Waals surface area contributed by atoms with Crippen LogP contribution in [0.2, 0.25) is 0 Å². The van der Waals surface area contributed by atoms with Gasteiger partial charge in [-0.25, -0.2) is 4.79 Å². The van der Waals surface area contributed by atoms with E-state index in [0.717, 1.165) is 5.56 Å². The SMILES string of the molecule is C#Cc1ccc(C(=O)OC)cc1OCc1ccccc1. The minimum absolute atomic E-state index is 0.389. The van der Waals surface area contributed by atoms with E-state index in [4.69, 9.17) is 11.2 Å². The van der Waals surface area contributed by atoms with Crippen molar-refractivity contribution in [3.8, 4) is 18.1 Å². The maximum atomic E-state index is 11.5. The van der Waals surface area contributed by atoms with E-state index in [2.05, 4.69) is 10.7 Å². The van der Waals surface area contributed by atoms with Crippen LogP contribution in [0, 0.1) is 12.3 Å². The summed E-state index contributed by atoms with van der Waals surface area (Å²) in [5.41, 5.74) is 2.04. The molecule has 0 radical (unpaired) electrons. The Morgan fingerprint density at radius 3 is 2.60 bits per heavy atom. The van der Waals surface area contributed by atoms with E-state index in [0.29, 0.717) is 23.5 Å². The average Bonchev–Trinajstić information content (AvgIpc) is 2.52. The summed E-state index contributed by atoms with van der Waals surface area (Å²) in [5, 5.41) is 0. The number of terminal acetylenes is 1. The molecule has 0 heterocycles. The minimum atomic E-state index is -0.418. The summed E-state index contributed by atoms with van der Waals surface area (Å²) in [6, 6.07) is 14.6. The molecule has 0 unspecified atom stereocenters. The van der Waals surface area contributed by atoms with Crippen molar-refractivity contribution in [3.63, 3.8) is 0 Å². The minimum Gasteiger partial charge on any atom is -0.488 e. The van der Waals surface area contributed by atoms with Gasteiger partial charge in [0, 0.05) is 0 Å². The molecule has 0 aliphatic heterocycles. The third-order valence-corrected chi connectivity index (χ3v) is 2.80. The molecule has 3 nitrogen and oxygen atoms in total. The Bertz CT molecular complexity index is 639. The Labute approximate surface area is 118 Å². The summed E-state index contributed by atoms with van der Waals surface area (Å²) in [6.07, 6.45) is 5.43. The Morgan fingerprint density at radius 1 is 1.20 bits per heavy atom. The second-order valence-electron chi connectivity index (χ2n) is 4.12. The number of rotatable bonds is 4. The topological polar surface area (TPSA) is 35.5 Å². The lowest BCUT2D eigenvalue weighted by Gasteiger charge is -2.10. The van der Waals surface area contributed by atoms with Crippen LogP contribution in [0.5, 0.6) is 5.75 Å². The molecular weight excluding hydrogens is 252 g/mol. The van der Waals surface area contributed by atoms with Gasteiger partial charge in [-0.05, 0) is 23.8 Å². The highest BCUT2D eigenvalue weighted by Crippen LogP contribution is 2.21. The lowest BCUT2D eigenvalue weighted by atomic mass is 10.1. The van der Waals surface area contributed by atoms with E-state index in [1.807, 2.05) is 30.3 Å². The second-order valence-corrected chi connectivity index (χ2v) is 4.12. The van der Waals surface area contributed by atoms with Gasteiger partial charge in [-0.2, -0.15) is 0 Å². The Kier molecular flexibility index (Phi) is 4.41. The first-order valence-corrected chi connectivity index (χ1v) is 6.10. The molecule has 2 rings (SSSR count). The molecule has 2 aromatic rings. The monoisotopic (exact) mass is 266 g/mol. The zero-order valence-corrected chi connectivity index (χ0v) is 11.1. The van der Waals surface area contributed by atoms with Crippen molar-refractivity contribution in [1.29, 1.82) is 0 Å². The van der Waals surface area contributed by atoms with Crippen LogP contribution in [0.15, 0.2) is 48.5 Å². The van der Waals surface area contributed by atoms with E-state index in [-0.39, 0.29) is 0 Å². The van der Waals surface area contributed by atoms with Gasteiger partial charge < -0.3 is 9.47 Å². The zero-order chi connectivity index (χ0) is 14.4. The fourth-order valence-corrected chi connectivity index (χ4v) is 1.74. The number of hydrogen-bond donors (Lipinski definition) is 0. The summed E-state index contributed by atoms with van der Waals surface area (Å²) in [5.74, 6) is 2.62. The van der Waals surface area contributed by atoms with Gasteiger partial charge in [-0.15, -0.1) is 6.42 Å². The molecule has 0 aromatic heterocycles. The maximum absolute atomic E-state index is 11.5. The van der Waals surface area contributed by atoms with Crippen LogP contribution in [0.1, 0.15) is 21.5 Å². The standard InChI is InChI=1S/C17H14O3/c1-3-14-9-10-15(17(18)19-2)11-16(14)20-12-13-7-5-4-6-8-13/h1,4-11H,12H2,2H3. The maximum Gasteiger partial charge on any atom is 0.337 e. The number of carbonyl (C=O) groups excluding carboxylic acids is 1. The average molecular weight is 266 g/mol. The fourth-order valence-electron chi connectivity index (χ4n) is 1.74. The van der Waals surface area contributed by atoms with Crippen molar-refractivity contribution in [2.24, 2.45) is 0 Å². The fraction of sp³-hybridized carbons (Fsp3) is 0.118. The summed E-state index contributed by atoms with van der Waals surface area (Å²) in [6.45, 7) is 0.389.